The fourth-order valence-corrected chi connectivity index (χ4v) is 4.62. The fraction of sp³-hybridized carbons (Fsp3) is 0.500. The second-order valence-corrected chi connectivity index (χ2v) is 10.2. The third-order valence-electron chi connectivity index (χ3n) is 6.68. The molecule has 0 spiro atoms. The van der Waals surface area contributed by atoms with E-state index in [9.17, 15) is 20.0 Å². The second-order valence-electron chi connectivity index (χ2n) is 10.2. The Morgan fingerprint density at radius 3 is 2.24 bits per heavy atom. The molecule has 0 unspecified atom stereocenters. The van der Waals surface area contributed by atoms with Crippen LogP contribution in [0, 0.1) is 27.6 Å². The van der Waals surface area contributed by atoms with E-state index in [0.29, 0.717) is 17.7 Å². The number of ketones is 2. The molecule has 202 valence electrons. The maximum absolute atomic E-state index is 13.5. The Hall–Kier alpha value is -3.21. The highest BCUT2D eigenvalue weighted by atomic mass is 16.7. The molecule has 7 nitrogen and oxygen atoms in total. The van der Waals surface area contributed by atoms with Crippen molar-refractivity contribution in [2.45, 2.75) is 60.7 Å². The number of phenolic OH excluding ortho intramolecular Hbond substituents is 1. The van der Waals surface area contributed by atoms with Crippen LogP contribution in [0.5, 0.6) is 11.5 Å². The number of nitriles is 1. The first kappa shape index (κ1) is 31.8. The Bertz CT molecular complexity index is 1120. The lowest BCUT2D eigenvalue weighted by Crippen LogP contribution is -2.50. The number of allylic oxidation sites excluding steroid dienone is 4. The van der Waals surface area contributed by atoms with Crippen LogP contribution < -0.4 is 4.74 Å². The Balaban J connectivity index is 0.00000334. The van der Waals surface area contributed by atoms with Gasteiger partial charge in [-0.3, -0.25) is 9.59 Å². The van der Waals surface area contributed by atoms with Gasteiger partial charge in [-0.1, -0.05) is 58.9 Å². The van der Waals surface area contributed by atoms with Crippen molar-refractivity contribution in [3.8, 4) is 17.6 Å². The summed E-state index contributed by atoms with van der Waals surface area (Å²) in [7, 11) is 4.38. The number of hydrogen-bond acceptors (Lipinski definition) is 7. The summed E-state index contributed by atoms with van der Waals surface area (Å²) in [6.45, 7) is 13.0. The SMILES string of the molecule is CC.COc1cc(/C=C/C(OC)(OC)C(C)(C)C(=O)/C=C/[C@@]2(C)C=C(C#N)C(=O)C(C)(C)C2)ccc1O. The van der Waals surface area contributed by atoms with Gasteiger partial charge in [-0.25, -0.2) is 0 Å². The average Bonchev–Trinajstić information content (AvgIpc) is 2.87. The number of hydrogen-bond donors (Lipinski definition) is 1. The molecule has 0 saturated carbocycles. The molecule has 7 heteroatoms. The molecule has 0 amide bonds. The molecule has 0 aliphatic heterocycles. The summed E-state index contributed by atoms with van der Waals surface area (Å²) in [6.07, 6.45) is 8.70. The van der Waals surface area contributed by atoms with Crippen LogP contribution in [0.25, 0.3) is 6.08 Å². The topological polar surface area (TPSA) is 106 Å². The third-order valence-corrected chi connectivity index (χ3v) is 6.68. The Morgan fingerprint density at radius 1 is 1.14 bits per heavy atom. The van der Waals surface area contributed by atoms with Gasteiger partial charge in [0.25, 0.3) is 0 Å². The molecule has 1 aromatic carbocycles. The van der Waals surface area contributed by atoms with E-state index >= 15 is 0 Å². The first-order valence-corrected chi connectivity index (χ1v) is 12.3. The molecule has 2 rings (SSSR count). The number of phenols is 1. The van der Waals surface area contributed by atoms with Crippen LogP contribution in [0.1, 0.15) is 60.5 Å². The molecule has 0 heterocycles. The first-order chi connectivity index (χ1) is 17.2. The standard InChI is InChI=1S/C28H35NO6.C2H6/c1-25(2)18-27(5,16-20(17-29)24(25)32)13-12-23(31)26(3,4)28(34-7,35-8)14-11-19-9-10-21(30)22(15-19)33-6;1-2/h9-16,30H,18H2,1-8H3;1-2H3/b13-12+,14-11+;/t27-;/m0./s1. The molecule has 1 aromatic rings. The minimum absolute atomic E-state index is 0.0183. The predicted octanol–water partition coefficient (Wildman–Crippen LogP) is 6.04. The van der Waals surface area contributed by atoms with Crippen molar-refractivity contribution in [2.24, 2.45) is 16.2 Å². The van der Waals surface area contributed by atoms with Crippen LogP contribution in [0.3, 0.4) is 0 Å². The van der Waals surface area contributed by atoms with Crippen LogP contribution >= 0.6 is 0 Å². The monoisotopic (exact) mass is 511 g/mol. The Morgan fingerprint density at radius 2 is 1.73 bits per heavy atom. The highest BCUT2D eigenvalue weighted by Gasteiger charge is 2.49. The largest absolute Gasteiger partial charge is 0.504 e. The van der Waals surface area contributed by atoms with Crippen LogP contribution in [0.4, 0.5) is 0 Å². The number of carbonyl (C=O) groups is 2. The van der Waals surface area contributed by atoms with Crippen molar-refractivity contribution in [2.75, 3.05) is 21.3 Å². The number of carbonyl (C=O) groups excluding carboxylic acids is 2. The summed E-state index contributed by atoms with van der Waals surface area (Å²) in [6, 6.07) is 6.86. The van der Waals surface area contributed by atoms with Gasteiger partial charge in [0.2, 0.25) is 0 Å². The van der Waals surface area contributed by atoms with E-state index in [1.54, 1.807) is 50.3 Å². The maximum atomic E-state index is 13.5. The zero-order valence-corrected chi connectivity index (χ0v) is 23.8. The van der Waals surface area contributed by atoms with E-state index in [1.165, 1.54) is 33.5 Å². The molecule has 0 aromatic heterocycles. The number of methoxy groups -OCH3 is 3. The van der Waals surface area contributed by atoms with Gasteiger partial charge in [0.05, 0.1) is 18.1 Å². The number of Topliss-reactive ketones (excluding diaryl/α,β-unsaturated/α-hetero) is 1. The fourth-order valence-electron chi connectivity index (χ4n) is 4.62. The predicted molar refractivity (Wildman–Crippen MR) is 145 cm³/mol. The van der Waals surface area contributed by atoms with E-state index in [0.717, 1.165) is 0 Å². The van der Waals surface area contributed by atoms with Crippen molar-refractivity contribution in [1.29, 1.82) is 5.26 Å². The van der Waals surface area contributed by atoms with Gasteiger partial charge in [0.15, 0.2) is 28.9 Å². The molecule has 1 aliphatic rings. The van der Waals surface area contributed by atoms with E-state index in [1.807, 2.05) is 40.7 Å². The average molecular weight is 512 g/mol. The third kappa shape index (κ3) is 6.76. The smallest absolute Gasteiger partial charge is 0.200 e. The number of benzene rings is 1. The lowest BCUT2D eigenvalue weighted by Gasteiger charge is -2.41. The van der Waals surface area contributed by atoms with E-state index < -0.39 is 22.0 Å². The molecular weight excluding hydrogens is 470 g/mol. The lowest BCUT2D eigenvalue weighted by atomic mass is 9.65. The first-order valence-electron chi connectivity index (χ1n) is 12.3. The summed E-state index contributed by atoms with van der Waals surface area (Å²) < 4.78 is 16.6. The molecular formula is C30H41NO6. The summed E-state index contributed by atoms with van der Waals surface area (Å²) >= 11 is 0. The van der Waals surface area contributed by atoms with Crippen LogP contribution in [0.2, 0.25) is 0 Å². The van der Waals surface area contributed by atoms with Gasteiger partial charge < -0.3 is 19.3 Å². The molecule has 1 atom stereocenters. The number of nitrogens with zero attached hydrogens (tertiary/aromatic N) is 1. The molecule has 0 radical (unpaired) electrons. The maximum Gasteiger partial charge on any atom is 0.200 e. The van der Waals surface area contributed by atoms with Crippen LogP contribution in [0.15, 0.2) is 48.1 Å². The zero-order valence-electron chi connectivity index (χ0n) is 23.8. The highest BCUT2D eigenvalue weighted by Crippen LogP contribution is 2.44. The molecule has 1 N–H and O–H groups in total. The molecule has 0 bridgehead atoms. The van der Waals surface area contributed by atoms with Gasteiger partial charge in [0.1, 0.15) is 6.07 Å². The van der Waals surface area contributed by atoms with Crippen molar-refractivity contribution in [3.05, 3.63) is 53.6 Å². The molecule has 1 aliphatic carbocycles. The van der Waals surface area contributed by atoms with Crippen molar-refractivity contribution < 1.29 is 28.9 Å². The van der Waals surface area contributed by atoms with E-state index in [4.69, 9.17) is 14.2 Å². The Labute approximate surface area is 221 Å². The van der Waals surface area contributed by atoms with E-state index in [2.05, 4.69) is 0 Å². The zero-order chi connectivity index (χ0) is 28.7. The van der Waals surface area contributed by atoms with Gasteiger partial charge in [0, 0.05) is 25.0 Å². The number of aromatic hydroxyl groups is 1. The van der Waals surface area contributed by atoms with Crippen LogP contribution in [-0.4, -0.2) is 43.8 Å². The highest BCUT2D eigenvalue weighted by molar-refractivity contribution is 6.04. The van der Waals surface area contributed by atoms with Crippen molar-refractivity contribution in [1.82, 2.24) is 0 Å². The summed E-state index contributed by atoms with van der Waals surface area (Å²) in [4.78, 5) is 25.9. The number of rotatable bonds is 9. The molecule has 0 saturated heterocycles. The lowest BCUT2D eigenvalue weighted by molar-refractivity contribution is -0.227. The summed E-state index contributed by atoms with van der Waals surface area (Å²) in [5, 5.41) is 19.2. The normalized spacial score (nSPS) is 19.7. The molecule has 37 heavy (non-hydrogen) atoms. The minimum atomic E-state index is -1.41. The quantitative estimate of drug-likeness (QED) is 0.318. The van der Waals surface area contributed by atoms with Crippen LogP contribution in [-0.2, 0) is 19.1 Å². The van der Waals surface area contributed by atoms with E-state index in [-0.39, 0.29) is 22.9 Å². The Kier molecular flexibility index (Phi) is 10.6. The summed E-state index contributed by atoms with van der Waals surface area (Å²) in [5.74, 6) is -1.51. The van der Waals surface area contributed by atoms with Gasteiger partial charge >= 0.3 is 0 Å². The second kappa shape index (κ2) is 12.4. The molecule has 0 fully saturated rings. The summed E-state index contributed by atoms with van der Waals surface area (Å²) in [5.41, 5.74) is -1.69. The van der Waals surface area contributed by atoms with Gasteiger partial charge in [-0.15, -0.1) is 0 Å². The van der Waals surface area contributed by atoms with Crippen molar-refractivity contribution >= 4 is 17.6 Å². The van der Waals surface area contributed by atoms with Gasteiger partial charge in [-0.05, 0) is 50.1 Å². The number of ether oxygens (including phenoxy) is 3. The minimum Gasteiger partial charge on any atom is -0.504 e. The van der Waals surface area contributed by atoms with Crippen molar-refractivity contribution in [3.63, 3.8) is 0 Å². The van der Waals surface area contributed by atoms with Gasteiger partial charge in [-0.2, -0.15) is 5.26 Å².